The lowest BCUT2D eigenvalue weighted by molar-refractivity contribution is 0.321. The van der Waals surface area contributed by atoms with Crippen LogP contribution >= 0.6 is 0 Å². The van der Waals surface area contributed by atoms with Gasteiger partial charge in [0.2, 0.25) is 0 Å². The number of hydrogen-bond donors (Lipinski definition) is 1. The summed E-state index contributed by atoms with van der Waals surface area (Å²) in [5.41, 5.74) is 1.02. The molecule has 0 atom stereocenters. The van der Waals surface area contributed by atoms with Crippen LogP contribution in [0.25, 0.3) is 0 Å². The molecule has 0 heterocycles. The van der Waals surface area contributed by atoms with E-state index in [1.165, 1.54) is 24.3 Å². The van der Waals surface area contributed by atoms with E-state index in [2.05, 4.69) is 5.32 Å². The van der Waals surface area contributed by atoms with Gasteiger partial charge in [0, 0.05) is 11.8 Å². The Labute approximate surface area is 115 Å². The van der Waals surface area contributed by atoms with Gasteiger partial charge in [-0.25, -0.2) is 8.78 Å². The first-order valence-electron chi connectivity index (χ1n) is 6.03. The maximum Gasteiger partial charge on any atom is 0.167 e. The molecule has 0 radical (unpaired) electrons. The van der Waals surface area contributed by atoms with Crippen molar-refractivity contribution in [1.82, 2.24) is 0 Å². The van der Waals surface area contributed by atoms with E-state index in [0.717, 1.165) is 6.07 Å². The van der Waals surface area contributed by atoms with Gasteiger partial charge in [-0.1, -0.05) is 0 Å². The first-order chi connectivity index (χ1) is 9.63. The largest absolute Gasteiger partial charge is 0.491 e. The molecule has 102 valence electrons. The second-order valence-electron chi connectivity index (χ2n) is 4.00. The lowest BCUT2D eigenvalue weighted by Crippen LogP contribution is -1.98. The van der Waals surface area contributed by atoms with Gasteiger partial charge < -0.3 is 10.1 Å². The van der Waals surface area contributed by atoms with E-state index < -0.39 is 11.6 Å². The number of nitriles is 1. The van der Waals surface area contributed by atoms with Crippen LogP contribution in [0.15, 0.2) is 36.4 Å². The molecule has 0 aliphatic heterocycles. The number of hydrogen-bond acceptors (Lipinski definition) is 3. The lowest BCUT2D eigenvalue weighted by Gasteiger charge is -2.10. The lowest BCUT2D eigenvalue weighted by atomic mass is 10.2. The van der Waals surface area contributed by atoms with Crippen LogP contribution in [0.2, 0.25) is 0 Å². The van der Waals surface area contributed by atoms with Crippen molar-refractivity contribution in [1.29, 1.82) is 5.26 Å². The van der Waals surface area contributed by atoms with Crippen LogP contribution in [0.3, 0.4) is 0 Å². The summed E-state index contributed by atoms with van der Waals surface area (Å²) in [6.45, 7) is 2.14. The smallest absolute Gasteiger partial charge is 0.167 e. The molecule has 0 amide bonds. The second kappa shape index (κ2) is 6.02. The molecule has 0 saturated heterocycles. The van der Waals surface area contributed by atoms with Gasteiger partial charge in [0.15, 0.2) is 11.6 Å². The average Bonchev–Trinajstić information content (AvgIpc) is 2.44. The summed E-state index contributed by atoms with van der Waals surface area (Å²) < 4.78 is 31.8. The van der Waals surface area contributed by atoms with E-state index in [1.807, 2.05) is 6.07 Å². The van der Waals surface area contributed by atoms with Gasteiger partial charge in [-0.3, -0.25) is 0 Å². The van der Waals surface area contributed by atoms with Crippen molar-refractivity contribution < 1.29 is 13.5 Å². The minimum Gasteiger partial charge on any atom is -0.491 e. The summed E-state index contributed by atoms with van der Waals surface area (Å²) >= 11 is 0. The number of ether oxygens (including phenoxy) is 1. The van der Waals surface area contributed by atoms with Crippen molar-refractivity contribution in [2.45, 2.75) is 6.92 Å². The fourth-order valence-corrected chi connectivity index (χ4v) is 1.72. The number of nitrogens with zero attached hydrogens (tertiary/aromatic N) is 1. The van der Waals surface area contributed by atoms with Crippen LogP contribution in [0.1, 0.15) is 12.5 Å². The summed E-state index contributed by atoms with van der Waals surface area (Å²) in [6, 6.07) is 10.0. The number of nitrogens with one attached hydrogen (secondary N) is 1. The Bertz CT molecular complexity index is 665. The summed E-state index contributed by atoms with van der Waals surface area (Å²) in [5, 5.41) is 11.8. The molecular formula is C15H12F2N2O. The molecule has 0 aliphatic carbocycles. The maximum atomic E-state index is 13.7. The molecule has 0 unspecified atom stereocenters. The Morgan fingerprint density at radius 1 is 1.20 bits per heavy atom. The molecule has 0 saturated carbocycles. The zero-order valence-electron chi connectivity index (χ0n) is 10.8. The third-order valence-corrected chi connectivity index (χ3v) is 2.61. The van der Waals surface area contributed by atoms with Crippen LogP contribution < -0.4 is 10.1 Å². The SMILES string of the molecule is CCOc1ccc(Nc2ccc(F)cc2C#N)cc1F. The Morgan fingerprint density at radius 2 is 2.00 bits per heavy atom. The van der Waals surface area contributed by atoms with E-state index in [1.54, 1.807) is 13.0 Å². The van der Waals surface area contributed by atoms with Crippen molar-refractivity contribution in [3.05, 3.63) is 53.6 Å². The summed E-state index contributed by atoms with van der Waals surface area (Å²) in [4.78, 5) is 0. The van der Waals surface area contributed by atoms with Gasteiger partial charge >= 0.3 is 0 Å². The quantitative estimate of drug-likeness (QED) is 0.917. The predicted octanol–water partition coefficient (Wildman–Crippen LogP) is 3.98. The molecule has 3 nitrogen and oxygen atoms in total. The van der Waals surface area contributed by atoms with Crippen LogP contribution in [-0.2, 0) is 0 Å². The summed E-state index contributed by atoms with van der Waals surface area (Å²) in [5.74, 6) is -0.833. The van der Waals surface area contributed by atoms with Crippen LogP contribution in [0, 0.1) is 23.0 Å². The van der Waals surface area contributed by atoms with Crippen molar-refractivity contribution >= 4 is 11.4 Å². The Balaban J connectivity index is 2.27. The molecule has 0 fully saturated rings. The molecular weight excluding hydrogens is 262 g/mol. The monoisotopic (exact) mass is 274 g/mol. The Hall–Kier alpha value is -2.61. The predicted molar refractivity (Wildman–Crippen MR) is 72.0 cm³/mol. The number of anilines is 2. The van der Waals surface area contributed by atoms with E-state index in [0.29, 0.717) is 18.0 Å². The minimum atomic E-state index is -0.502. The van der Waals surface area contributed by atoms with Gasteiger partial charge in [-0.05, 0) is 37.3 Å². The van der Waals surface area contributed by atoms with Gasteiger partial charge in [0.05, 0.1) is 17.9 Å². The number of benzene rings is 2. The Kier molecular flexibility index (Phi) is 4.16. The average molecular weight is 274 g/mol. The van der Waals surface area contributed by atoms with Gasteiger partial charge in [0.1, 0.15) is 11.9 Å². The molecule has 0 aliphatic rings. The molecule has 5 heteroatoms. The zero-order valence-corrected chi connectivity index (χ0v) is 10.8. The van der Waals surface area contributed by atoms with Crippen molar-refractivity contribution in [2.24, 2.45) is 0 Å². The van der Waals surface area contributed by atoms with Gasteiger partial charge in [-0.2, -0.15) is 5.26 Å². The fourth-order valence-electron chi connectivity index (χ4n) is 1.72. The standard InChI is InChI=1S/C15H12F2N2O/c1-2-20-15-6-4-12(8-13(15)17)19-14-5-3-11(16)7-10(14)9-18/h3-8,19H,2H2,1H3. The molecule has 2 aromatic carbocycles. The highest BCUT2D eigenvalue weighted by molar-refractivity contribution is 5.66. The summed E-state index contributed by atoms with van der Waals surface area (Å²) in [6.07, 6.45) is 0. The topological polar surface area (TPSA) is 45.0 Å². The van der Waals surface area contributed by atoms with E-state index >= 15 is 0 Å². The summed E-state index contributed by atoms with van der Waals surface area (Å²) in [7, 11) is 0. The third kappa shape index (κ3) is 3.04. The first-order valence-corrected chi connectivity index (χ1v) is 6.03. The van der Waals surface area contributed by atoms with Gasteiger partial charge in [-0.15, -0.1) is 0 Å². The van der Waals surface area contributed by atoms with E-state index in [-0.39, 0.29) is 11.3 Å². The normalized spacial score (nSPS) is 9.90. The Morgan fingerprint density at radius 3 is 2.65 bits per heavy atom. The van der Waals surface area contributed by atoms with E-state index in [4.69, 9.17) is 10.00 Å². The zero-order chi connectivity index (χ0) is 14.5. The molecule has 0 aromatic heterocycles. The van der Waals surface area contributed by atoms with Crippen molar-refractivity contribution in [3.8, 4) is 11.8 Å². The van der Waals surface area contributed by atoms with Crippen LogP contribution in [0.5, 0.6) is 5.75 Å². The number of rotatable bonds is 4. The molecule has 20 heavy (non-hydrogen) atoms. The first kappa shape index (κ1) is 13.8. The molecule has 0 spiro atoms. The molecule has 2 aromatic rings. The van der Waals surface area contributed by atoms with Crippen molar-refractivity contribution in [3.63, 3.8) is 0 Å². The highest BCUT2D eigenvalue weighted by atomic mass is 19.1. The van der Waals surface area contributed by atoms with Crippen molar-refractivity contribution in [2.75, 3.05) is 11.9 Å². The second-order valence-corrected chi connectivity index (χ2v) is 4.00. The third-order valence-electron chi connectivity index (χ3n) is 2.61. The van der Waals surface area contributed by atoms with Crippen LogP contribution in [-0.4, -0.2) is 6.61 Å². The van der Waals surface area contributed by atoms with E-state index in [9.17, 15) is 8.78 Å². The molecule has 0 bridgehead atoms. The molecule has 1 N–H and O–H groups in total. The molecule has 2 rings (SSSR count). The maximum absolute atomic E-state index is 13.7. The minimum absolute atomic E-state index is 0.152. The van der Waals surface area contributed by atoms with Gasteiger partial charge in [0.25, 0.3) is 0 Å². The number of halogens is 2. The highest BCUT2D eigenvalue weighted by Crippen LogP contribution is 2.25. The van der Waals surface area contributed by atoms with Crippen LogP contribution in [0.4, 0.5) is 20.2 Å². The highest BCUT2D eigenvalue weighted by Gasteiger charge is 2.07. The fraction of sp³-hybridized carbons (Fsp3) is 0.133.